The molecule has 1 aromatic rings. The van der Waals surface area contributed by atoms with Crippen molar-refractivity contribution in [3.63, 3.8) is 0 Å². The molecule has 0 aliphatic heterocycles. The van der Waals surface area contributed by atoms with Gasteiger partial charge in [0.15, 0.2) is 0 Å². The molecule has 1 aliphatic carbocycles. The van der Waals surface area contributed by atoms with E-state index in [-0.39, 0.29) is 17.5 Å². The highest BCUT2D eigenvalue weighted by atomic mass is 16.3. The molecule has 0 aromatic heterocycles. The molecule has 3 heteroatoms. The van der Waals surface area contributed by atoms with Gasteiger partial charge in [0.05, 0.1) is 5.56 Å². The Kier molecular flexibility index (Phi) is 2.82. The van der Waals surface area contributed by atoms with E-state index in [1.807, 2.05) is 6.92 Å². The maximum absolute atomic E-state index is 9.67. The summed E-state index contributed by atoms with van der Waals surface area (Å²) in [6, 6.07) is 5.39. The molecule has 0 spiro atoms. The van der Waals surface area contributed by atoms with E-state index in [1.165, 1.54) is 19.3 Å². The molecule has 2 rings (SSSR count). The molecule has 0 bridgehead atoms. The fraction of sp³-hybridized carbons (Fsp3) is 0.500. The maximum Gasteiger partial charge on any atom is 0.124 e. The van der Waals surface area contributed by atoms with E-state index in [1.54, 1.807) is 18.2 Å². The van der Waals surface area contributed by atoms with Crippen LogP contribution in [0.2, 0.25) is 0 Å². The molecule has 3 N–H and O–H groups in total. The standard InChI is InChI=1S/C12H17NO2/c1-8(13-9-4-2-5-9)12-10(14)6-3-7-11(12)15/h3,6-9,13-15H,2,4-5H2,1H3. The van der Waals surface area contributed by atoms with E-state index in [0.29, 0.717) is 11.6 Å². The largest absolute Gasteiger partial charge is 0.507 e. The van der Waals surface area contributed by atoms with Crippen molar-refractivity contribution in [2.75, 3.05) is 0 Å². The van der Waals surface area contributed by atoms with Crippen molar-refractivity contribution in [3.8, 4) is 11.5 Å². The van der Waals surface area contributed by atoms with Crippen LogP contribution in [0.4, 0.5) is 0 Å². The minimum absolute atomic E-state index is 0.00324. The van der Waals surface area contributed by atoms with Gasteiger partial charge in [-0.1, -0.05) is 12.5 Å². The zero-order chi connectivity index (χ0) is 10.8. The Hall–Kier alpha value is -1.22. The summed E-state index contributed by atoms with van der Waals surface area (Å²) < 4.78 is 0. The Morgan fingerprint density at radius 2 is 1.87 bits per heavy atom. The van der Waals surface area contributed by atoms with Crippen LogP contribution < -0.4 is 5.32 Å². The Balaban J connectivity index is 2.12. The van der Waals surface area contributed by atoms with Crippen molar-refractivity contribution in [2.24, 2.45) is 0 Å². The summed E-state index contributed by atoms with van der Waals surface area (Å²) in [6.45, 7) is 1.97. The lowest BCUT2D eigenvalue weighted by Crippen LogP contribution is -2.36. The minimum Gasteiger partial charge on any atom is -0.507 e. The van der Waals surface area contributed by atoms with Crippen molar-refractivity contribution >= 4 is 0 Å². The van der Waals surface area contributed by atoms with Gasteiger partial charge in [0.2, 0.25) is 0 Å². The van der Waals surface area contributed by atoms with Gasteiger partial charge in [-0.15, -0.1) is 0 Å². The summed E-state index contributed by atoms with van der Waals surface area (Å²) >= 11 is 0. The second-order valence-corrected chi connectivity index (χ2v) is 4.23. The number of hydrogen-bond donors (Lipinski definition) is 3. The SMILES string of the molecule is CC(NC1CCC1)c1c(O)cccc1O. The van der Waals surface area contributed by atoms with Gasteiger partial charge < -0.3 is 15.5 Å². The predicted molar refractivity (Wildman–Crippen MR) is 59.0 cm³/mol. The van der Waals surface area contributed by atoms with Gasteiger partial charge in [0.1, 0.15) is 11.5 Å². The second-order valence-electron chi connectivity index (χ2n) is 4.23. The molecule has 0 saturated heterocycles. The molecule has 1 fully saturated rings. The third kappa shape index (κ3) is 2.07. The number of nitrogens with one attached hydrogen (secondary N) is 1. The smallest absolute Gasteiger partial charge is 0.124 e. The highest BCUT2D eigenvalue weighted by molar-refractivity contribution is 5.44. The van der Waals surface area contributed by atoms with Gasteiger partial charge in [0.25, 0.3) is 0 Å². The lowest BCUT2D eigenvalue weighted by atomic mass is 9.91. The minimum atomic E-state index is -0.00324. The summed E-state index contributed by atoms with van der Waals surface area (Å²) in [6.07, 6.45) is 3.66. The highest BCUT2D eigenvalue weighted by Gasteiger charge is 2.22. The second kappa shape index (κ2) is 4.11. The molecule has 1 aromatic carbocycles. The molecule has 0 radical (unpaired) electrons. The van der Waals surface area contributed by atoms with Crippen LogP contribution in [0.1, 0.15) is 37.8 Å². The maximum atomic E-state index is 9.67. The Morgan fingerprint density at radius 3 is 2.33 bits per heavy atom. The van der Waals surface area contributed by atoms with Crippen molar-refractivity contribution in [1.82, 2.24) is 5.32 Å². The molecule has 1 aliphatic rings. The van der Waals surface area contributed by atoms with Gasteiger partial charge in [-0.25, -0.2) is 0 Å². The third-order valence-corrected chi connectivity index (χ3v) is 3.08. The quantitative estimate of drug-likeness (QED) is 0.712. The van der Waals surface area contributed by atoms with Crippen LogP contribution in [0.25, 0.3) is 0 Å². The number of hydrogen-bond acceptors (Lipinski definition) is 3. The molecular formula is C12H17NO2. The van der Waals surface area contributed by atoms with Crippen molar-refractivity contribution in [2.45, 2.75) is 38.3 Å². The van der Waals surface area contributed by atoms with E-state index < -0.39 is 0 Å². The molecular weight excluding hydrogens is 190 g/mol. The molecule has 0 heterocycles. The van der Waals surface area contributed by atoms with Gasteiger partial charge in [-0.3, -0.25) is 0 Å². The van der Waals surface area contributed by atoms with Crippen LogP contribution >= 0.6 is 0 Å². The lowest BCUT2D eigenvalue weighted by molar-refractivity contribution is 0.305. The normalized spacial score (nSPS) is 18.5. The van der Waals surface area contributed by atoms with Crippen molar-refractivity contribution in [1.29, 1.82) is 0 Å². The summed E-state index contributed by atoms with van der Waals surface area (Å²) in [4.78, 5) is 0. The van der Waals surface area contributed by atoms with Gasteiger partial charge in [-0.2, -0.15) is 0 Å². The van der Waals surface area contributed by atoms with E-state index in [9.17, 15) is 10.2 Å². The predicted octanol–water partition coefficient (Wildman–Crippen LogP) is 2.30. The first-order valence-corrected chi connectivity index (χ1v) is 5.45. The number of rotatable bonds is 3. The van der Waals surface area contributed by atoms with Crippen LogP contribution in [0, 0.1) is 0 Å². The number of aromatic hydroxyl groups is 2. The molecule has 15 heavy (non-hydrogen) atoms. The molecule has 1 atom stereocenters. The number of benzene rings is 1. The first-order valence-electron chi connectivity index (χ1n) is 5.45. The topological polar surface area (TPSA) is 52.5 Å². The first kappa shape index (κ1) is 10.3. The van der Waals surface area contributed by atoms with Gasteiger partial charge in [0, 0.05) is 12.1 Å². The van der Waals surface area contributed by atoms with Crippen molar-refractivity contribution in [3.05, 3.63) is 23.8 Å². The van der Waals surface area contributed by atoms with Crippen molar-refractivity contribution < 1.29 is 10.2 Å². The Labute approximate surface area is 89.8 Å². The molecule has 1 unspecified atom stereocenters. The summed E-state index contributed by atoms with van der Waals surface area (Å²) in [5.41, 5.74) is 0.601. The van der Waals surface area contributed by atoms with E-state index in [2.05, 4.69) is 5.32 Å². The highest BCUT2D eigenvalue weighted by Crippen LogP contribution is 2.33. The monoisotopic (exact) mass is 207 g/mol. The Bertz CT molecular complexity index is 327. The van der Waals surface area contributed by atoms with Gasteiger partial charge in [-0.05, 0) is 31.9 Å². The third-order valence-electron chi connectivity index (χ3n) is 3.08. The van der Waals surface area contributed by atoms with Crippen LogP contribution in [-0.4, -0.2) is 16.3 Å². The number of phenols is 2. The molecule has 82 valence electrons. The fourth-order valence-corrected chi connectivity index (χ4v) is 2.00. The van der Waals surface area contributed by atoms with Crippen LogP contribution in [0.3, 0.4) is 0 Å². The molecule has 0 amide bonds. The molecule has 1 saturated carbocycles. The average Bonchev–Trinajstić information content (AvgIpc) is 2.11. The van der Waals surface area contributed by atoms with E-state index in [4.69, 9.17) is 0 Å². The fourth-order valence-electron chi connectivity index (χ4n) is 2.00. The Morgan fingerprint density at radius 1 is 1.27 bits per heavy atom. The van der Waals surface area contributed by atoms with Crippen LogP contribution in [0.15, 0.2) is 18.2 Å². The van der Waals surface area contributed by atoms with Gasteiger partial charge >= 0.3 is 0 Å². The lowest BCUT2D eigenvalue weighted by Gasteiger charge is -2.30. The summed E-state index contributed by atoms with van der Waals surface area (Å²) in [5, 5.41) is 22.7. The first-order chi connectivity index (χ1) is 7.18. The molecule has 3 nitrogen and oxygen atoms in total. The summed E-state index contributed by atoms with van der Waals surface area (Å²) in [7, 11) is 0. The van der Waals surface area contributed by atoms with Crippen LogP contribution in [0.5, 0.6) is 11.5 Å². The van der Waals surface area contributed by atoms with Crippen LogP contribution in [-0.2, 0) is 0 Å². The van der Waals surface area contributed by atoms with E-state index >= 15 is 0 Å². The average molecular weight is 207 g/mol. The zero-order valence-electron chi connectivity index (χ0n) is 8.90. The zero-order valence-corrected chi connectivity index (χ0v) is 8.90. The number of phenolic OH excluding ortho intramolecular Hbond substituents is 2. The van der Waals surface area contributed by atoms with E-state index in [0.717, 1.165) is 0 Å². The summed E-state index contributed by atoms with van der Waals surface area (Å²) in [5.74, 6) is 0.323.